The van der Waals surface area contributed by atoms with E-state index in [4.69, 9.17) is 14.2 Å². The second-order valence-electron chi connectivity index (χ2n) is 9.24. The fraction of sp³-hybridized carbons (Fsp3) is 0.167. The maximum absolute atomic E-state index is 13.1. The van der Waals surface area contributed by atoms with Crippen LogP contribution >= 0.6 is 15.9 Å². The molecule has 0 aromatic heterocycles. The summed E-state index contributed by atoms with van der Waals surface area (Å²) in [5.74, 6) is 1.53. The van der Waals surface area contributed by atoms with Gasteiger partial charge in [0.2, 0.25) is 0 Å². The minimum atomic E-state index is -1.13. The average molecular weight is 542 g/mol. The lowest BCUT2D eigenvalue weighted by Gasteiger charge is -2.37. The second kappa shape index (κ2) is 8.42. The van der Waals surface area contributed by atoms with Crippen molar-refractivity contribution >= 4 is 33.3 Å². The molecule has 0 aliphatic carbocycles. The van der Waals surface area contributed by atoms with Crippen LogP contribution in [-0.2, 0) is 10.3 Å². The highest BCUT2D eigenvalue weighted by Crippen LogP contribution is 2.58. The third-order valence-electron chi connectivity index (χ3n) is 6.64. The van der Waals surface area contributed by atoms with Crippen molar-refractivity contribution < 1.29 is 19.0 Å². The highest BCUT2D eigenvalue weighted by atomic mass is 79.9. The summed E-state index contributed by atoms with van der Waals surface area (Å²) in [5.41, 5.74) is 3.77. The Morgan fingerprint density at radius 3 is 2.33 bits per heavy atom. The van der Waals surface area contributed by atoms with Crippen molar-refractivity contribution in [3.63, 3.8) is 0 Å². The van der Waals surface area contributed by atoms with Gasteiger partial charge in [0, 0.05) is 47.2 Å². The molecule has 0 radical (unpaired) electrons. The number of para-hydroxylation sites is 1. The van der Waals surface area contributed by atoms with Gasteiger partial charge in [-0.2, -0.15) is 0 Å². The van der Waals surface area contributed by atoms with Crippen molar-refractivity contribution in [3.05, 3.63) is 112 Å². The van der Waals surface area contributed by atoms with Crippen LogP contribution in [-0.4, -0.2) is 19.1 Å². The van der Waals surface area contributed by atoms with E-state index in [1.807, 2.05) is 93.7 Å². The Morgan fingerprint density at radius 1 is 0.833 bits per heavy atom. The van der Waals surface area contributed by atoms with Gasteiger partial charge in [0.25, 0.3) is 0 Å². The summed E-state index contributed by atoms with van der Waals surface area (Å²) in [6, 6.07) is 27.5. The number of hydrogen-bond donors (Lipinski definition) is 0. The van der Waals surface area contributed by atoms with Crippen molar-refractivity contribution in [2.75, 3.05) is 11.9 Å². The van der Waals surface area contributed by atoms with Crippen LogP contribution in [0.5, 0.6) is 17.2 Å². The first kappa shape index (κ1) is 22.7. The molecule has 2 aliphatic rings. The number of halogens is 1. The lowest BCUT2D eigenvalue weighted by atomic mass is 9.77. The predicted octanol–water partition coefficient (Wildman–Crippen LogP) is 7.57. The molecule has 0 N–H and O–H groups in total. The Labute approximate surface area is 218 Å². The number of anilines is 2. The summed E-state index contributed by atoms with van der Waals surface area (Å²) in [4.78, 5) is 15.2. The lowest BCUT2D eigenvalue weighted by Crippen LogP contribution is -2.33. The maximum Gasteiger partial charge on any atom is 0.340 e. The molecular formula is C30H24BrNO4. The van der Waals surface area contributed by atoms with Crippen LogP contribution in [0.4, 0.5) is 11.4 Å². The molecule has 1 unspecified atom stereocenters. The number of carbonyl (C=O) groups is 1. The Kier molecular flexibility index (Phi) is 5.30. The van der Waals surface area contributed by atoms with Crippen LogP contribution in [0.15, 0.2) is 89.4 Å². The van der Waals surface area contributed by atoms with Gasteiger partial charge in [-0.15, -0.1) is 0 Å². The van der Waals surface area contributed by atoms with E-state index in [-0.39, 0.29) is 12.1 Å². The highest BCUT2D eigenvalue weighted by molar-refractivity contribution is 9.10. The summed E-state index contributed by atoms with van der Waals surface area (Å²) < 4.78 is 19.6. The molecule has 36 heavy (non-hydrogen) atoms. The summed E-state index contributed by atoms with van der Waals surface area (Å²) in [5, 5.41) is 0. The zero-order valence-corrected chi connectivity index (χ0v) is 21.7. The zero-order chi connectivity index (χ0) is 25.0. The van der Waals surface area contributed by atoms with E-state index in [0.717, 1.165) is 32.5 Å². The van der Waals surface area contributed by atoms with Gasteiger partial charge in [0.1, 0.15) is 17.2 Å². The highest BCUT2D eigenvalue weighted by Gasteiger charge is 2.53. The van der Waals surface area contributed by atoms with E-state index in [1.165, 1.54) is 0 Å². The fourth-order valence-electron chi connectivity index (χ4n) is 5.01. The number of fused-ring (bicyclic) bond motifs is 6. The third kappa shape index (κ3) is 3.39. The molecule has 1 atom stereocenters. The molecular weight excluding hydrogens is 518 g/mol. The summed E-state index contributed by atoms with van der Waals surface area (Å²) in [6.07, 6.45) is -0.0136. The summed E-state index contributed by atoms with van der Waals surface area (Å²) >= 11 is 3.66. The van der Waals surface area contributed by atoms with Crippen LogP contribution < -0.4 is 14.4 Å². The molecule has 180 valence electrons. The monoisotopic (exact) mass is 541 g/mol. The Morgan fingerprint density at radius 2 is 1.56 bits per heavy atom. The number of carbonyl (C=O) groups excluding carboxylic acids is 1. The molecule has 6 rings (SSSR count). The SMILES string of the molecule is CC(C)Oc1cc2c(cc1Br)C1(OC(=O)c3ccccc31)c1ccc(N(C)c3ccccc3)cc1O2. The number of nitrogens with zero attached hydrogens (tertiary/aromatic N) is 1. The van der Waals surface area contributed by atoms with Gasteiger partial charge in [-0.25, -0.2) is 4.79 Å². The first-order valence-electron chi connectivity index (χ1n) is 11.8. The average Bonchev–Trinajstić information content (AvgIpc) is 3.18. The quantitative estimate of drug-likeness (QED) is 0.249. The van der Waals surface area contributed by atoms with Crippen LogP contribution in [0, 0.1) is 0 Å². The van der Waals surface area contributed by atoms with Gasteiger partial charge in [0.15, 0.2) is 5.60 Å². The number of esters is 1. The lowest BCUT2D eigenvalue weighted by molar-refractivity contribution is 0.0224. The maximum atomic E-state index is 13.1. The molecule has 0 saturated heterocycles. The second-order valence-corrected chi connectivity index (χ2v) is 10.1. The van der Waals surface area contributed by atoms with Crippen LogP contribution in [0.25, 0.3) is 0 Å². The van der Waals surface area contributed by atoms with Gasteiger partial charge >= 0.3 is 5.97 Å². The number of hydrogen-bond acceptors (Lipinski definition) is 5. The zero-order valence-electron chi connectivity index (χ0n) is 20.1. The minimum Gasteiger partial charge on any atom is -0.490 e. The van der Waals surface area contributed by atoms with Crippen molar-refractivity contribution in [3.8, 4) is 17.2 Å². The summed E-state index contributed by atoms with van der Waals surface area (Å²) in [6.45, 7) is 3.95. The molecule has 0 amide bonds. The first-order chi connectivity index (χ1) is 17.4. The van der Waals surface area contributed by atoms with E-state index in [2.05, 4.69) is 33.0 Å². The van der Waals surface area contributed by atoms with Crippen molar-refractivity contribution in [2.24, 2.45) is 0 Å². The van der Waals surface area contributed by atoms with Gasteiger partial charge in [0.05, 0.1) is 16.1 Å². The van der Waals surface area contributed by atoms with Crippen molar-refractivity contribution in [1.82, 2.24) is 0 Å². The van der Waals surface area contributed by atoms with Gasteiger partial charge in [-0.1, -0.05) is 36.4 Å². The van der Waals surface area contributed by atoms with Gasteiger partial charge < -0.3 is 19.1 Å². The van der Waals surface area contributed by atoms with Crippen LogP contribution in [0.2, 0.25) is 0 Å². The van der Waals surface area contributed by atoms with E-state index in [1.54, 1.807) is 0 Å². The number of rotatable bonds is 4. The molecule has 2 heterocycles. The Hall–Kier alpha value is -3.77. The van der Waals surface area contributed by atoms with E-state index in [0.29, 0.717) is 22.8 Å². The van der Waals surface area contributed by atoms with Crippen molar-refractivity contribution in [1.29, 1.82) is 0 Å². The molecule has 1 spiro atoms. The molecule has 5 nitrogen and oxygen atoms in total. The largest absolute Gasteiger partial charge is 0.490 e. The van der Waals surface area contributed by atoms with Gasteiger partial charge in [-0.05, 0) is 66.2 Å². The topological polar surface area (TPSA) is 48.0 Å². The molecule has 0 fully saturated rings. The normalized spacial score (nSPS) is 17.2. The molecule has 0 saturated carbocycles. The molecule has 0 bridgehead atoms. The van der Waals surface area contributed by atoms with Crippen LogP contribution in [0.1, 0.15) is 40.9 Å². The number of benzene rings is 4. The van der Waals surface area contributed by atoms with Crippen LogP contribution in [0.3, 0.4) is 0 Å². The Bertz CT molecular complexity index is 1500. The number of ether oxygens (including phenoxy) is 3. The molecule has 4 aromatic carbocycles. The van der Waals surface area contributed by atoms with E-state index >= 15 is 0 Å². The standard InChI is InChI=1S/C30H24BrNO4/c1-18(2)34-28-17-27-24(16-25(28)31)30(22-12-8-7-11-21(22)29(33)36-30)23-14-13-20(15-26(23)35-27)32(3)19-9-5-4-6-10-19/h4-18H,1-3H3. The molecule has 2 aliphatic heterocycles. The molecule has 6 heteroatoms. The predicted molar refractivity (Wildman–Crippen MR) is 143 cm³/mol. The smallest absolute Gasteiger partial charge is 0.340 e. The van der Waals surface area contributed by atoms with E-state index in [9.17, 15) is 4.79 Å². The Balaban J connectivity index is 1.57. The summed E-state index contributed by atoms with van der Waals surface area (Å²) in [7, 11) is 2.01. The fourth-order valence-corrected chi connectivity index (χ4v) is 5.45. The van der Waals surface area contributed by atoms with Gasteiger partial charge in [-0.3, -0.25) is 0 Å². The first-order valence-corrected chi connectivity index (χ1v) is 12.6. The van der Waals surface area contributed by atoms with E-state index < -0.39 is 5.60 Å². The van der Waals surface area contributed by atoms with Crippen molar-refractivity contribution in [2.45, 2.75) is 25.6 Å². The third-order valence-corrected chi connectivity index (χ3v) is 7.26. The minimum absolute atomic E-state index is 0.0136. The molecule has 4 aromatic rings.